The summed E-state index contributed by atoms with van der Waals surface area (Å²) in [6.45, 7) is 11.0. The molecule has 4 atom stereocenters. The molecule has 2 aliphatic heterocycles. The molecule has 2 saturated heterocycles. The Kier molecular flexibility index (Phi) is 7.90. The van der Waals surface area contributed by atoms with E-state index in [0.717, 1.165) is 58.0 Å². The van der Waals surface area contributed by atoms with Crippen LogP contribution in [0.5, 0.6) is 5.75 Å². The first-order valence-electron chi connectivity index (χ1n) is 14.6. The molecule has 8 heteroatoms. The number of halogens is 1. The highest BCUT2D eigenvalue weighted by Crippen LogP contribution is 2.45. The van der Waals surface area contributed by atoms with Crippen LogP contribution in [0, 0.1) is 25.7 Å². The Morgan fingerprint density at radius 1 is 0.952 bits per heavy atom. The molecule has 218 valence electrons. The zero-order valence-electron chi connectivity index (χ0n) is 24.8. The van der Waals surface area contributed by atoms with E-state index >= 15 is 0 Å². The van der Waals surface area contributed by atoms with Gasteiger partial charge in [0.1, 0.15) is 5.75 Å². The number of anilines is 2. The van der Waals surface area contributed by atoms with E-state index in [1.54, 1.807) is 7.11 Å². The van der Waals surface area contributed by atoms with Gasteiger partial charge in [-0.1, -0.05) is 31.5 Å². The Bertz CT molecular complexity index is 1580. The lowest BCUT2D eigenvalue weighted by Gasteiger charge is -2.37. The summed E-state index contributed by atoms with van der Waals surface area (Å²) in [4.78, 5) is 9.39. The van der Waals surface area contributed by atoms with Crippen LogP contribution in [0.25, 0.3) is 5.69 Å². The number of piperidine rings is 1. The first-order valence-corrected chi connectivity index (χ1v) is 15.4. The lowest BCUT2D eigenvalue weighted by molar-refractivity contribution is 0.357. The first-order chi connectivity index (χ1) is 20.2. The molecule has 0 bridgehead atoms. The highest BCUT2D eigenvalue weighted by Gasteiger charge is 2.42. The van der Waals surface area contributed by atoms with Gasteiger partial charge in [-0.3, -0.25) is 4.98 Å². The van der Waals surface area contributed by atoms with E-state index in [1.165, 1.54) is 12.0 Å². The minimum absolute atomic E-state index is 0.123. The highest BCUT2D eigenvalue weighted by atomic mass is 35.5. The van der Waals surface area contributed by atoms with Gasteiger partial charge in [0.25, 0.3) is 0 Å². The largest absolute Gasteiger partial charge is 0.497 e. The molecule has 4 heterocycles. The van der Waals surface area contributed by atoms with Crippen LogP contribution in [0.3, 0.4) is 0 Å². The van der Waals surface area contributed by atoms with E-state index in [-0.39, 0.29) is 12.1 Å². The fraction of sp³-hybridized carbons (Fsp3) is 0.353. The summed E-state index contributed by atoms with van der Waals surface area (Å²) >= 11 is 13.1. The quantitative estimate of drug-likeness (QED) is 0.228. The molecule has 2 aromatic heterocycles. The van der Waals surface area contributed by atoms with Crippen molar-refractivity contribution < 1.29 is 4.74 Å². The minimum atomic E-state index is -0.134. The summed E-state index contributed by atoms with van der Waals surface area (Å²) in [6, 6.07) is 22.6. The van der Waals surface area contributed by atoms with Crippen LogP contribution in [-0.4, -0.2) is 34.9 Å². The van der Waals surface area contributed by atoms with Crippen molar-refractivity contribution in [1.29, 1.82) is 0 Å². The number of nitrogens with one attached hydrogen (secondary N) is 1. The summed E-state index contributed by atoms with van der Waals surface area (Å²) in [7, 11) is 1.69. The molecule has 2 aromatic carbocycles. The van der Waals surface area contributed by atoms with Crippen molar-refractivity contribution in [2.75, 3.05) is 30.0 Å². The van der Waals surface area contributed by atoms with Gasteiger partial charge in [-0.25, -0.2) is 0 Å². The molecule has 4 aromatic rings. The van der Waals surface area contributed by atoms with Gasteiger partial charge in [-0.05, 0) is 111 Å². The lowest BCUT2D eigenvalue weighted by Crippen LogP contribution is -2.38. The molecule has 0 aliphatic carbocycles. The van der Waals surface area contributed by atoms with Crippen molar-refractivity contribution in [3.63, 3.8) is 0 Å². The molecule has 42 heavy (non-hydrogen) atoms. The van der Waals surface area contributed by atoms with Gasteiger partial charge < -0.3 is 24.4 Å². The number of pyridine rings is 1. The van der Waals surface area contributed by atoms with Crippen LogP contribution >= 0.6 is 23.8 Å². The van der Waals surface area contributed by atoms with E-state index in [2.05, 4.69) is 89.8 Å². The summed E-state index contributed by atoms with van der Waals surface area (Å²) in [5.74, 6) is 2.12. The van der Waals surface area contributed by atoms with Gasteiger partial charge in [0.15, 0.2) is 5.11 Å². The van der Waals surface area contributed by atoms with E-state index in [0.29, 0.717) is 16.9 Å². The van der Waals surface area contributed by atoms with Gasteiger partial charge in [0, 0.05) is 42.0 Å². The van der Waals surface area contributed by atoms with Crippen molar-refractivity contribution >= 4 is 40.3 Å². The number of hydrogen-bond acceptors (Lipinski definition) is 4. The number of rotatable bonds is 6. The highest BCUT2D eigenvalue weighted by molar-refractivity contribution is 7.80. The second-order valence-electron chi connectivity index (χ2n) is 11.8. The zero-order valence-corrected chi connectivity index (χ0v) is 26.4. The predicted octanol–water partition coefficient (Wildman–Crippen LogP) is 7.81. The first kappa shape index (κ1) is 28.6. The number of aryl methyl sites for hydroxylation is 1. The van der Waals surface area contributed by atoms with Crippen LogP contribution in [0.2, 0.25) is 5.02 Å². The smallest absolute Gasteiger partial charge is 0.174 e. The van der Waals surface area contributed by atoms with Crippen LogP contribution in [0.1, 0.15) is 55.0 Å². The second kappa shape index (κ2) is 11.6. The van der Waals surface area contributed by atoms with Crippen LogP contribution < -0.4 is 19.9 Å². The molecular formula is C34H38ClN5OS. The van der Waals surface area contributed by atoms with Gasteiger partial charge in [-0.15, -0.1) is 0 Å². The summed E-state index contributed by atoms with van der Waals surface area (Å²) < 4.78 is 7.69. The number of benzene rings is 2. The van der Waals surface area contributed by atoms with Crippen LogP contribution in [-0.2, 0) is 0 Å². The normalized spacial score (nSPS) is 22.4. The van der Waals surface area contributed by atoms with E-state index < -0.39 is 0 Å². The predicted molar refractivity (Wildman–Crippen MR) is 176 cm³/mol. The number of ether oxygens (including phenoxy) is 1. The number of methoxy groups -OCH3 is 1. The van der Waals surface area contributed by atoms with Crippen LogP contribution in [0.15, 0.2) is 72.9 Å². The van der Waals surface area contributed by atoms with E-state index in [9.17, 15) is 0 Å². The molecule has 6 nitrogen and oxygen atoms in total. The molecule has 0 radical (unpaired) electrons. The minimum Gasteiger partial charge on any atom is -0.497 e. The Balaban J connectivity index is 1.43. The van der Waals surface area contributed by atoms with Crippen molar-refractivity contribution in [3.05, 3.63) is 101 Å². The Morgan fingerprint density at radius 2 is 1.67 bits per heavy atom. The Labute approximate surface area is 259 Å². The average molecular weight is 600 g/mol. The maximum absolute atomic E-state index is 7.04. The number of aromatic nitrogens is 2. The van der Waals surface area contributed by atoms with E-state index in [1.807, 2.05) is 30.5 Å². The fourth-order valence-electron chi connectivity index (χ4n) is 6.93. The third-order valence-corrected chi connectivity index (χ3v) is 9.25. The van der Waals surface area contributed by atoms with Gasteiger partial charge in [0.2, 0.25) is 0 Å². The number of thiocarbonyl (C=S) groups is 1. The summed E-state index contributed by atoms with van der Waals surface area (Å²) in [5, 5.41) is 5.01. The third kappa shape index (κ3) is 5.25. The van der Waals surface area contributed by atoms with Crippen molar-refractivity contribution in [3.8, 4) is 11.4 Å². The maximum Gasteiger partial charge on any atom is 0.174 e. The average Bonchev–Trinajstić information content (AvgIpc) is 3.47. The Morgan fingerprint density at radius 3 is 2.31 bits per heavy atom. The topological polar surface area (TPSA) is 45.6 Å². The van der Waals surface area contributed by atoms with Crippen molar-refractivity contribution in [1.82, 2.24) is 14.9 Å². The van der Waals surface area contributed by atoms with Crippen molar-refractivity contribution in [2.24, 2.45) is 11.8 Å². The second-order valence-corrected chi connectivity index (χ2v) is 12.6. The summed E-state index contributed by atoms with van der Waals surface area (Å²) in [6.07, 6.45) is 3.10. The lowest BCUT2D eigenvalue weighted by atomic mass is 9.91. The molecule has 0 amide bonds. The standard InChI is InChI=1S/C34H38ClN5OS/c1-21-16-22(2)20-38(19-21)31-14-11-26(18-29(31)35)40-33(32(37-34(40)42)30-8-6-7-15-36-30)28-17-23(3)39(24(28)4)25-9-12-27(41-5)13-10-25/h6-15,17-18,21-22,32-33H,16,19-20H2,1-5H3,(H,37,42)/t21-,22+,32-,33+/m0/s1. The summed E-state index contributed by atoms with van der Waals surface area (Å²) in [5.41, 5.74) is 7.57. The van der Waals surface area contributed by atoms with Crippen molar-refractivity contribution in [2.45, 2.75) is 46.2 Å². The third-order valence-electron chi connectivity index (χ3n) is 8.64. The fourth-order valence-corrected chi connectivity index (χ4v) is 7.57. The molecule has 2 fully saturated rings. The Hall–Kier alpha value is -3.55. The maximum atomic E-state index is 7.04. The number of hydrogen-bond donors (Lipinski definition) is 1. The molecule has 0 spiro atoms. The number of nitrogens with zero attached hydrogens (tertiary/aromatic N) is 4. The van der Waals surface area contributed by atoms with Gasteiger partial charge in [0.05, 0.1) is 35.6 Å². The molecule has 1 N–H and O–H groups in total. The SMILES string of the molecule is COc1ccc(-n2c(C)cc([C@@H]3[C@H](c4ccccn4)NC(=S)N3c3ccc(N4C[C@H](C)C[C@H](C)C4)c(Cl)c3)c2C)cc1. The monoisotopic (exact) mass is 599 g/mol. The zero-order chi connectivity index (χ0) is 29.5. The molecule has 6 rings (SSSR count). The van der Waals surface area contributed by atoms with Gasteiger partial charge in [-0.2, -0.15) is 0 Å². The van der Waals surface area contributed by atoms with E-state index in [4.69, 9.17) is 33.5 Å². The molecule has 0 saturated carbocycles. The van der Waals surface area contributed by atoms with Gasteiger partial charge >= 0.3 is 0 Å². The van der Waals surface area contributed by atoms with Crippen LogP contribution in [0.4, 0.5) is 11.4 Å². The molecule has 2 aliphatic rings. The molecular weight excluding hydrogens is 562 g/mol. The molecule has 0 unspecified atom stereocenters.